The normalized spacial score (nSPS) is 25.2. The fraction of sp³-hybridized carbons (Fsp3) is 0.381. The molecule has 6 heteroatoms. The van der Waals surface area contributed by atoms with Gasteiger partial charge in [-0.1, -0.05) is 48.0 Å². The summed E-state index contributed by atoms with van der Waals surface area (Å²) in [5, 5.41) is 0. The minimum atomic E-state index is -3.65. The number of carbonyl (C=O) groups excluding carboxylic acids is 1. The lowest BCUT2D eigenvalue weighted by Crippen LogP contribution is -2.43. The SMILES string of the molecule is Cc1ccc(S(=O)(=O)N2C[C@H]3C(=O)C[C@H]3[C@@H]2COCc2ccccc2)cc1. The van der Waals surface area contributed by atoms with Gasteiger partial charge in [0.1, 0.15) is 5.78 Å². The molecule has 3 atom stereocenters. The lowest BCUT2D eigenvalue weighted by atomic mass is 9.72. The van der Waals surface area contributed by atoms with E-state index in [1.807, 2.05) is 37.3 Å². The largest absolute Gasteiger partial charge is 0.375 e. The van der Waals surface area contributed by atoms with Gasteiger partial charge in [-0.05, 0) is 30.5 Å². The van der Waals surface area contributed by atoms with Crippen LogP contribution < -0.4 is 0 Å². The molecule has 1 heterocycles. The summed E-state index contributed by atoms with van der Waals surface area (Å²) in [7, 11) is -3.65. The number of rotatable bonds is 6. The van der Waals surface area contributed by atoms with Crippen molar-refractivity contribution >= 4 is 15.8 Å². The third-order valence-corrected chi connectivity index (χ3v) is 7.54. The molecular weight excluding hydrogens is 362 g/mol. The van der Waals surface area contributed by atoms with E-state index in [2.05, 4.69) is 0 Å². The number of aryl methyl sites for hydroxylation is 1. The fourth-order valence-corrected chi connectivity index (χ4v) is 5.67. The Labute approximate surface area is 160 Å². The Morgan fingerprint density at radius 1 is 1.07 bits per heavy atom. The summed E-state index contributed by atoms with van der Waals surface area (Å²) in [6.07, 6.45) is 0.448. The van der Waals surface area contributed by atoms with Gasteiger partial charge in [-0.15, -0.1) is 0 Å². The van der Waals surface area contributed by atoms with E-state index in [-0.39, 0.29) is 35.1 Å². The van der Waals surface area contributed by atoms with E-state index >= 15 is 0 Å². The van der Waals surface area contributed by atoms with Crippen LogP contribution in [0.5, 0.6) is 0 Å². The van der Waals surface area contributed by atoms with Gasteiger partial charge in [0.05, 0.1) is 24.2 Å². The molecule has 2 aromatic carbocycles. The predicted molar refractivity (Wildman–Crippen MR) is 102 cm³/mol. The fourth-order valence-electron chi connectivity index (χ4n) is 3.99. The van der Waals surface area contributed by atoms with E-state index in [0.29, 0.717) is 19.6 Å². The molecule has 2 aliphatic rings. The van der Waals surface area contributed by atoms with Gasteiger partial charge < -0.3 is 4.74 Å². The van der Waals surface area contributed by atoms with Crippen molar-refractivity contribution in [1.82, 2.24) is 4.31 Å². The Bertz CT molecular complexity index is 924. The van der Waals surface area contributed by atoms with Gasteiger partial charge in [-0.3, -0.25) is 4.79 Å². The smallest absolute Gasteiger partial charge is 0.243 e. The van der Waals surface area contributed by atoms with Crippen molar-refractivity contribution in [3.8, 4) is 0 Å². The van der Waals surface area contributed by atoms with Crippen LogP contribution in [0.4, 0.5) is 0 Å². The molecule has 0 radical (unpaired) electrons. The second kappa shape index (κ2) is 7.19. The number of nitrogens with zero attached hydrogens (tertiary/aromatic N) is 1. The van der Waals surface area contributed by atoms with Crippen LogP contribution in [0.25, 0.3) is 0 Å². The molecule has 0 unspecified atom stereocenters. The molecule has 2 fully saturated rings. The molecule has 142 valence electrons. The summed E-state index contributed by atoms with van der Waals surface area (Å²) in [6.45, 7) is 2.92. The van der Waals surface area contributed by atoms with E-state index < -0.39 is 10.0 Å². The van der Waals surface area contributed by atoms with Gasteiger partial charge in [-0.25, -0.2) is 8.42 Å². The number of hydrogen-bond acceptors (Lipinski definition) is 4. The van der Waals surface area contributed by atoms with Gasteiger partial charge >= 0.3 is 0 Å². The van der Waals surface area contributed by atoms with Gasteiger partial charge in [-0.2, -0.15) is 4.31 Å². The molecular formula is C21H23NO4S. The van der Waals surface area contributed by atoms with E-state index in [1.54, 1.807) is 24.3 Å². The van der Waals surface area contributed by atoms with Crippen LogP contribution in [0, 0.1) is 18.8 Å². The van der Waals surface area contributed by atoms with Crippen molar-refractivity contribution in [3.05, 3.63) is 65.7 Å². The van der Waals surface area contributed by atoms with Crippen LogP contribution in [-0.4, -0.2) is 37.7 Å². The lowest BCUT2D eigenvalue weighted by molar-refractivity contribution is -0.132. The van der Waals surface area contributed by atoms with Gasteiger partial charge in [0.15, 0.2) is 0 Å². The highest BCUT2D eigenvalue weighted by molar-refractivity contribution is 7.89. The van der Waals surface area contributed by atoms with Crippen molar-refractivity contribution < 1.29 is 17.9 Å². The molecule has 1 saturated heterocycles. The van der Waals surface area contributed by atoms with Crippen molar-refractivity contribution in [2.75, 3.05) is 13.2 Å². The number of sulfonamides is 1. The van der Waals surface area contributed by atoms with E-state index in [1.165, 1.54) is 4.31 Å². The van der Waals surface area contributed by atoms with E-state index in [4.69, 9.17) is 4.74 Å². The zero-order valence-corrected chi connectivity index (χ0v) is 16.1. The van der Waals surface area contributed by atoms with Crippen molar-refractivity contribution in [3.63, 3.8) is 0 Å². The second-order valence-electron chi connectivity index (χ2n) is 7.40. The zero-order valence-electron chi connectivity index (χ0n) is 15.2. The molecule has 0 N–H and O–H groups in total. The van der Waals surface area contributed by atoms with Crippen molar-refractivity contribution in [2.45, 2.75) is 30.9 Å². The summed E-state index contributed by atoms with van der Waals surface area (Å²) in [4.78, 5) is 12.2. The van der Waals surface area contributed by atoms with Gasteiger partial charge in [0.25, 0.3) is 0 Å². The highest BCUT2D eigenvalue weighted by atomic mass is 32.2. The predicted octanol–water partition coefficient (Wildman–Crippen LogP) is 2.79. The standard InChI is InChI=1S/C21H23NO4S/c1-15-7-9-17(10-8-15)27(24,25)22-12-19-18(11-21(19)23)20(22)14-26-13-16-5-3-2-4-6-16/h2-10,18-20H,11-14H2,1H3/t18-,19-,20+/m1/s1. The first-order valence-corrected chi connectivity index (χ1v) is 10.6. The minimum absolute atomic E-state index is 0.0634. The maximum Gasteiger partial charge on any atom is 0.243 e. The topological polar surface area (TPSA) is 63.7 Å². The average molecular weight is 385 g/mol. The number of ketones is 1. The number of fused-ring (bicyclic) bond motifs is 1. The van der Waals surface area contributed by atoms with Gasteiger partial charge in [0.2, 0.25) is 10.0 Å². The highest BCUT2D eigenvalue weighted by Crippen LogP contribution is 2.44. The number of Topliss-reactive ketones (excluding diaryl/α,β-unsaturated/α-hetero) is 1. The zero-order chi connectivity index (χ0) is 19.0. The maximum atomic E-state index is 13.2. The van der Waals surface area contributed by atoms with Crippen LogP contribution in [0.1, 0.15) is 17.5 Å². The van der Waals surface area contributed by atoms with Crippen LogP contribution in [0.15, 0.2) is 59.5 Å². The third-order valence-electron chi connectivity index (χ3n) is 5.64. The van der Waals surface area contributed by atoms with E-state index in [9.17, 15) is 13.2 Å². The van der Waals surface area contributed by atoms with Crippen molar-refractivity contribution in [2.24, 2.45) is 11.8 Å². The summed E-state index contributed by atoms with van der Waals surface area (Å²) in [5.41, 5.74) is 2.05. The minimum Gasteiger partial charge on any atom is -0.375 e. The summed E-state index contributed by atoms with van der Waals surface area (Å²) < 4.78 is 33.7. The second-order valence-corrected chi connectivity index (χ2v) is 9.29. The van der Waals surface area contributed by atoms with Crippen LogP contribution in [0.3, 0.4) is 0 Å². The Morgan fingerprint density at radius 2 is 1.78 bits per heavy atom. The van der Waals surface area contributed by atoms with Crippen LogP contribution >= 0.6 is 0 Å². The molecule has 1 saturated carbocycles. The summed E-state index contributed by atoms with van der Waals surface area (Å²) in [5.74, 6) is 0.0405. The molecule has 5 nitrogen and oxygen atoms in total. The number of ether oxygens (including phenoxy) is 1. The first-order chi connectivity index (χ1) is 13.0. The molecule has 2 aromatic rings. The molecule has 0 bridgehead atoms. The molecule has 0 amide bonds. The summed E-state index contributed by atoms with van der Waals surface area (Å²) >= 11 is 0. The average Bonchev–Trinajstić information content (AvgIpc) is 2.96. The summed E-state index contributed by atoms with van der Waals surface area (Å²) in [6, 6.07) is 16.4. The number of hydrogen-bond donors (Lipinski definition) is 0. The molecule has 0 aromatic heterocycles. The molecule has 27 heavy (non-hydrogen) atoms. The molecule has 1 aliphatic carbocycles. The van der Waals surface area contributed by atoms with Crippen LogP contribution in [0.2, 0.25) is 0 Å². The number of benzene rings is 2. The molecule has 1 aliphatic heterocycles. The Balaban J connectivity index is 1.52. The maximum absolute atomic E-state index is 13.2. The first kappa shape index (κ1) is 18.3. The van der Waals surface area contributed by atoms with E-state index in [0.717, 1.165) is 11.1 Å². The molecule has 4 rings (SSSR count). The third kappa shape index (κ3) is 3.45. The Hall–Kier alpha value is -2.02. The Morgan fingerprint density at radius 3 is 2.44 bits per heavy atom. The number of carbonyl (C=O) groups is 1. The Kier molecular flexibility index (Phi) is 4.88. The highest BCUT2D eigenvalue weighted by Gasteiger charge is 2.55. The first-order valence-electron chi connectivity index (χ1n) is 9.20. The monoisotopic (exact) mass is 385 g/mol. The quantitative estimate of drug-likeness (QED) is 0.767. The molecule has 0 spiro atoms. The van der Waals surface area contributed by atoms with Crippen LogP contribution in [-0.2, 0) is 26.2 Å². The van der Waals surface area contributed by atoms with Crippen molar-refractivity contribution in [1.29, 1.82) is 0 Å². The lowest BCUT2D eigenvalue weighted by Gasteiger charge is -2.32. The van der Waals surface area contributed by atoms with Gasteiger partial charge in [0, 0.05) is 18.9 Å².